The van der Waals surface area contributed by atoms with E-state index in [2.05, 4.69) is 19.0 Å². The van der Waals surface area contributed by atoms with Crippen LogP contribution >= 0.6 is 11.7 Å². The van der Waals surface area contributed by atoms with Crippen LogP contribution in [0.25, 0.3) is 11.0 Å². The van der Waals surface area contributed by atoms with Crippen LogP contribution in [0.4, 0.5) is 0 Å². The zero-order valence-electron chi connectivity index (χ0n) is 17.6. The number of hydrogen-bond donors (Lipinski definition) is 2. The van der Waals surface area contributed by atoms with Crippen LogP contribution in [0.5, 0.6) is 11.6 Å². The number of rotatable bonds is 8. The smallest absolute Gasteiger partial charge is 0.332 e. The maximum absolute atomic E-state index is 12.8. The number of fused-ring (bicyclic) bond motifs is 1. The van der Waals surface area contributed by atoms with Crippen molar-refractivity contribution in [2.45, 2.75) is 44.8 Å². The first-order valence-corrected chi connectivity index (χ1v) is 11.2. The van der Waals surface area contributed by atoms with E-state index in [1.807, 2.05) is 6.07 Å². The Labute approximate surface area is 189 Å². The molecule has 1 aliphatic rings. The third-order valence-electron chi connectivity index (χ3n) is 5.54. The summed E-state index contributed by atoms with van der Waals surface area (Å²) in [4.78, 5) is 28.0. The molecular weight excluding hydrogens is 432 g/mol. The molecule has 0 bridgehead atoms. The molecule has 9 nitrogen and oxygen atoms in total. The Morgan fingerprint density at radius 2 is 1.97 bits per heavy atom. The molecule has 1 fully saturated rings. The minimum absolute atomic E-state index is 0.0448. The third kappa shape index (κ3) is 5.38. The molecule has 0 saturated heterocycles. The maximum Gasteiger partial charge on any atom is 0.332 e. The molecule has 0 radical (unpaired) electrons. The van der Waals surface area contributed by atoms with Crippen LogP contribution in [0.2, 0.25) is 0 Å². The molecule has 4 rings (SSSR count). The molecule has 2 aromatic heterocycles. The molecule has 32 heavy (non-hydrogen) atoms. The van der Waals surface area contributed by atoms with Crippen LogP contribution in [-0.4, -0.2) is 49.5 Å². The molecule has 2 heterocycles. The average Bonchev–Trinajstić information content (AvgIpc) is 3.26. The third-order valence-corrected chi connectivity index (χ3v) is 6.10. The van der Waals surface area contributed by atoms with E-state index < -0.39 is 12.1 Å². The van der Waals surface area contributed by atoms with Crippen LogP contribution < -0.4 is 10.1 Å². The summed E-state index contributed by atoms with van der Waals surface area (Å²) in [5.41, 5.74) is 1.88. The van der Waals surface area contributed by atoms with Gasteiger partial charge in [0.15, 0.2) is 6.10 Å². The maximum atomic E-state index is 12.8. The summed E-state index contributed by atoms with van der Waals surface area (Å²) in [6.07, 6.45) is 4.05. The number of carbonyl (C=O) groups is 2. The van der Waals surface area contributed by atoms with E-state index in [1.165, 1.54) is 0 Å². The topological polar surface area (TPSA) is 124 Å². The number of carboxylic acid groups (broad SMARTS) is 1. The van der Waals surface area contributed by atoms with Gasteiger partial charge in [-0.25, -0.2) is 9.78 Å². The first-order chi connectivity index (χ1) is 15.5. The Kier molecular flexibility index (Phi) is 6.91. The second kappa shape index (κ2) is 10.0. The Hall–Kier alpha value is -3.11. The van der Waals surface area contributed by atoms with E-state index in [9.17, 15) is 9.59 Å². The van der Waals surface area contributed by atoms with Gasteiger partial charge >= 0.3 is 5.97 Å². The molecule has 3 aromatic rings. The number of nitrogens with one attached hydrogen (secondary N) is 1. The molecular formula is C22H24N4O5S. The number of aromatic nitrogens is 3. The van der Waals surface area contributed by atoms with Gasteiger partial charge in [-0.3, -0.25) is 4.79 Å². The summed E-state index contributed by atoms with van der Waals surface area (Å²) in [5.74, 6) is -0.113. The molecule has 0 spiro atoms. The predicted molar refractivity (Wildman–Crippen MR) is 118 cm³/mol. The SMILES string of the molecule is CC(OC1CCC(CNC(=O)c2cccnc2Oc2ccc3nsnc3c2)CC1)C(=O)O. The second-order valence-corrected chi connectivity index (χ2v) is 8.37. The van der Waals surface area contributed by atoms with Crippen molar-refractivity contribution in [1.29, 1.82) is 0 Å². The molecule has 1 amide bonds. The number of carbonyl (C=O) groups excluding carboxylic acids is 1. The van der Waals surface area contributed by atoms with E-state index in [0.717, 1.165) is 48.4 Å². The number of ether oxygens (including phenoxy) is 2. The number of carboxylic acids is 1. The molecule has 168 valence electrons. The Bertz CT molecular complexity index is 1100. The van der Waals surface area contributed by atoms with E-state index >= 15 is 0 Å². The van der Waals surface area contributed by atoms with Crippen molar-refractivity contribution >= 4 is 34.6 Å². The first-order valence-electron chi connectivity index (χ1n) is 10.5. The number of nitrogens with zero attached hydrogens (tertiary/aromatic N) is 3. The van der Waals surface area contributed by atoms with Crippen molar-refractivity contribution in [2.75, 3.05) is 6.54 Å². The van der Waals surface area contributed by atoms with Gasteiger partial charge in [0.05, 0.1) is 17.8 Å². The van der Waals surface area contributed by atoms with E-state index in [1.54, 1.807) is 37.4 Å². The van der Waals surface area contributed by atoms with Crippen molar-refractivity contribution in [2.24, 2.45) is 5.92 Å². The Morgan fingerprint density at radius 1 is 1.19 bits per heavy atom. The Balaban J connectivity index is 1.32. The van der Waals surface area contributed by atoms with Crippen molar-refractivity contribution in [3.8, 4) is 11.6 Å². The highest BCUT2D eigenvalue weighted by molar-refractivity contribution is 7.00. The molecule has 10 heteroatoms. The lowest BCUT2D eigenvalue weighted by atomic mass is 9.87. The average molecular weight is 457 g/mol. The van der Waals surface area contributed by atoms with Gasteiger partial charge in [-0.05, 0) is 62.8 Å². The van der Waals surface area contributed by atoms with Gasteiger partial charge in [-0.1, -0.05) is 0 Å². The number of amides is 1. The van der Waals surface area contributed by atoms with Gasteiger partial charge < -0.3 is 19.9 Å². The summed E-state index contributed by atoms with van der Waals surface area (Å²) in [6, 6.07) is 8.72. The Morgan fingerprint density at radius 3 is 2.75 bits per heavy atom. The van der Waals surface area contributed by atoms with Gasteiger partial charge in [-0.15, -0.1) is 0 Å². The normalized spacial score (nSPS) is 19.4. The molecule has 0 aliphatic heterocycles. The monoisotopic (exact) mass is 456 g/mol. The van der Waals surface area contributed by atoms with Crippen LogP contribution in [0.1, 0.15) is 43.0 Å². The van der Waals surface area contributed by atoms with Crippen LogP contribution in [0.3, 0.4) is 0 Å². The summed E-state index contributed by atoms with van der Waals surface area (Å²) >= 11 is 1.13. The minimum Gasteiger partial charge on any atom is -0.479 e. The molecule has 1 saturated carbocycles. The zero-order valence-corrected chi connectivity index (χ0v) is 18.4. The van der Waals surface area contributed by atoms with Crippen LogP contribution in [0, 0.1) is 5.92 Å². The fourth-order valence-electron chi connectivity index (χ4n) is 3.73. The van der Waals surface area contributed by atoms with E-state index in [4.69, 9.17) is 14.6 Å². The summed E-state index contributed by atoms with van der Waals surface area (Å²) in [5, 5.41) is 12.0. The lowest BCUT2D eigenvalue weighted by Gasteiger charge is -2.29. The van der Waals surface area contributed by atoms with Crippen molar-refractivity contribution in [3.05, 3.63) is 42.1 Å². The highest BCUT2D eigenvalue weighted by Crippen LogP contribution is 2.28. The number of hydrogen-bond acceptors (Lipinski definition) is 8. The van der Waals surface area contributed by atoms with Gasteiger partial charge in [0.1, 0.15) is 22.3 Å². The zero-order chi connectivity index (χ0) is 22.5. The van der Waals surface area contributed by atoms with E-state index in [0.29, 0.717) is 23.8 Å². The molecule has 1 aliphatic carbocycles. The summed E-state index contributed by atoms with van der Waals surface area (Å²) in [6.45, 7) is 2.08. The van der Waals surface area contributed by atoms with Gasteiger partial charge in [0.2, 0.25) is 5.88 Å². The lowest BCUT2D eigenvalue weighted by Crippen LogP contribution is -2.34. The lowest BCUT2D eigenvalue weighted by molar-refractivity contribution is -0.154. The molecule has 1 atom stereocenters. The second-order valence-electron chi connectivity index (χ2n) is 7.84. The van der Waals surface area contributed by atoms with Crippen molar-refractivity contribution < 1.29 is 24.2 Å². The number of aliphatic carboxylic acids is 1. The molecule has 1 aromatic carbocycles. The van der Waals surface area contributed by atoms with Crippen molar-refractivity contribution in [1.82, 2.24) is 19.0 Å². The predicted octanol–water partition coefficient (Wildman–Crippen LogP) is 3.66. The summed E-state index contributed by atoms with van der Waals surface area (Å²) in [7, 11) is 0. The fourth-order valence-corrected chi connectivity index (χ4v) is 4.25. The highest BCUT2D eigenvalue weighted by atomic mass is 32.1. The molecule has 2 N–H and O–H groups in total. The first kappa shape index (κ1) is 22.1. The van der Waals surface area contributed by atoms with Gasteiger partial charge in [-0.2, -0.15) is 8.75 Å². The highest BCUT2D eigenvalue weighted by Gasteiger charge is 2.26. The largest absolute Gasteiger partial charge is 0.479 e. The van der Waals surface area contributed by atoms with Crippen LogP contribution in [-0.2, 0) is 9.53 Å². The summed E-state index contributed by atoms with van der Waals surface area (Å²) < 4.78 is 19.8. The van der Waals surface area contributed by atoms with E-state index in [-0.39, 0.29) is 17.9 Å². The minimum atomic E-state index is -0.947. The van der Waals surface area contributed by atoms with Gasteiger partial charge in [0, 0.05) is 18.8 Å². The van der Waals surface area contributed by atoms with Gasteiger partial charge in [0.25, 0.3) is 5.91 Å². The van der Waals surface area contributed by atoms with Crippen LogP contribution in [0.15, 0.2) is 36.5 Å². The standard InChI is InChI=1S/C22H24N4O5S/c1-13(22(28)29)30-15-6-4-14(5-7-15)12-24-20(27)17-3-2-10-23-21(17)31-16-8-9-18-19(11-16)26-32-25-18/h2-3,8-11,13-15H,4-7,12H2,1H3,(H,24,27)(H,28,29). The fraction of sp³-hybridized carbons (Fsp3) is 0.409. The number of benzene rings is 1. The van der Waals surface area contributed by atoms with Crippen molar-refractivity contribution in [3.63, 3.8) is 0 Å². The molecule has 1 unspecified atom stereocenters. The quantitative estimate of drug-likeness (QED) is 0.526. The number of pyridine rings is 1.